The van der Waals surface area contributed by atoms with Gasteiger partial charge in [0.1, 0.15) is 11.4 Å². The SMILES string of the molecule is COc1ccccc1-c1cc(SC)c2c(n1)CCN(C(=O)OC(C)(C)C)C2=O. The van der Waals surface area contributed by atoms with Crippen LogP contribution in [0.2, 0.25) is 0 Å². The van der Waals surface area contributed by atoms with E-state index in [1.54, 1.807) is 27.9 Å². The van der Waals surface area contributed by atoms with Crippen molar-refractivity contribution in [1.82, 2.24) is 9.88 Å². The number of carbonyl (C=O) groups is 2. The van der Waals surface area contributed by atoms with Gasteiger partial charge in [-0.25, -0.2) is 9.69 Å². The molecule has 1 aromatic heterocycles. The van der Waals surface area contributed by atoms with Gasteiger partial charge in [0.05, 0.1) is 24.1 Å². The Morgan fingerprint density at radius 2 is 1.96 bits per heavy atom. The lowest BCUT2D eigenvalue weighted by Gasteiger charge is -2.30. The molecule has 0 saturated carbocycles. The zero-order valence-corrected chi connectivity index (χ0v) is 17.6. The topological polar surface area (TPSA) is 68.7 Å². The van der Waals surface area contributed by atoms with Crippen molar-refractivity contribution in [3.63, 3.8) is 0 Å². The van der Waals surface area contributed by atoms with Crippen LogP contribution >= 0.6 is 11.8 Å². The van der Waals surface area contributed by atoms with Crippen LogP contribution in [0.5, 0.6) is 5.75 Å². The molecule has 0 saturated heterocycles. The van der Waals surface area contributed by atoms with Gasteiger partial charge in [0, 0.05) is 23.4 Å². The molecule has 0 fully saturated rings. The molecule has 6 nitrogen and oxygen atoms in total. The lowest BCUT2D eigenvalue weighted by atomic mass is 10.0. The fourth-order valence-corrected chi connectivity index (χ4v) is 3.72. The van der Waals surface area contributed by atoms with Crippen molar-refractivity contribution < 1.29 is 19.1 Å². The number of fused-ring (bicyclic) bond motifs is 1. The predicted molar refractivity (Wildman–Crippen MR) is 109 cm³/mol. The molecule has 0 aliphatic carbocycles. The van der Waals surface area contributed by atoms with Crippen LogP contribution in [0.4, 0.5) is 4.79 Å². The van der Waals surface area contributed by atoms with E-state index in [0.29, 0.717) is 17.7 Å². The van der Waals surface area contributed by atoms with E-state index >= 15 is 0 Å². The molecule has 1 aromatic carbocycles. The van der Waals surface area contributed by atoms with Gasteiger partial charge in [-0.3, -0.25) is 9.78 Å². The third-order valence-electron chi connectivity index (χ3n) is 4.31. The van der Waals surface area contributed by atoms with E-state index in [2.05, 4.69) is 0 Å². The standard InChI is InChI=1S/C21H24N2O4S/c1-21(2,3)27-20(25)23-11-10-14-18(19(23)24)17(28-5)12-15(22-14)13-8-6-7-9-16(13)26-4/h6-9,12H,10-11H2,1-5H3. The predicted octanol–water partition coefficient (Wildman–Crippen LogP) is 4.41. The van der Waals surface area contributed by atoms with Gasteiger partial charge in [-0.15, -0.1) is 11.8 Å². The van der Waals surface area contributed by atoms with Gasteiger partial charge in [0.2, 0.25) is 0 Å². The van der Waals surface area contributed by atoms with Crippen molar-refractivity contribution in [2.24, 2.45) is 0 Å². The average molecular weight is 401 g/mol. The second kappa shape index (κ2) is 7.83. The smallest absolute Gasteiger partial charge is 0.417 e. The van der Waals surface area contributed by atoms with E-state index in [0.717, 1.165) is 26.8 Å². The first-order chi connectivity index (χ1) is 13.2. The van der Waals surface area contributed by atoms with Gasteiger partial charge in [0.15, 0.2) is 0 Å². The van der Waals surface area contributed by atoms with Gasteiger partial charge in [-0.1, -0.05) is 12.1 Å². The van der Waals surface area contributed by atoms with E-state index in [9.17, 15) is 9.59 Å². The van der Waals surface area contributed by atoms with Crippen LogP contribution in [0.25, 0.3) is 11.3 Å². The maximum Gasteiger partial charge on any atom is 0.417 e. The number of para-hydroxylation sites is 1. The summed E-state index contributed by atoms with van der Waals surface area (Å²) in [6.07, 6.45) is 1.77. The summed E-state index contributed by atoms with van der Waals surface area (Å²) in [6.45, 7) is 5.59. The minimum atomic E-state index is -0.661. The first kappa shape index (κ1) is 20.2. The molecule has 28 heavy (non-hydrogen) atoms. The van der Waals surface area contributed by atoms with Crippen LogP contribution in [0.3, 0.4) is 0 Å². The van der Waals surface area contributed by atoms with Gasteiger partial charge in [-0.05, 0) is 45.2 Å². The molecule has 2 heterocycles. The van der Waals surface area contributed by atoms with Crippen LogP contribution in [0.15, 0.2) is 35.2 Å². The highest BCUT2D eigenvalue weighted by atomic mass is 32.2. The van der Waals surface area contributed by atoms with Crippen molar-refractivity contribution in [2.75, 3.05) is 19.9 Å². The maximum absolute atomic E-state index is 13.0. The monoisotopic (exact) mass is 400 g/mol. The second-order valence-corrected chi connectivity index (χ2v) is 8.27. The molecule has 1 aliphatic rings. The minimum absolute atomic E-state index is 0.247. The summed E-state index contributed by atoms with van der Waals surface area (Å²) in [5.41, 5.74) is 2.12. The first-order valence-corrected chi connectivity index (χ1v) is 10.2. The Morgan fingerprint density at radius 1 is 1.25 bits per heavy atom. The van der Waals surface area contributed by atoms with Gasteiger partial charge in [-0.2, -0.15) is 0 Å². The number of ether oxygens (including phenoxy) is 2. The normalized spacial score (nSPS) is 13.9. The molecule has 148 valence electrons. The highest BCUT2D eigenvalue weighted by molar-refractivity contribution is 7.98. The number of aromatic nitrogens is 1. The summed E-state index contributed by atoms with van der Waals surface area (Å²) in [5, 5.41) is 0. The summed E-state index contributed by atoms with van der Waals surface area (Å²) in [6, 6.07) is 9.52. The van der Waals surface area contributed by atoms with E-state index < -0.39 is 11.7 Å². The number of benzene rings is 1. The number of hydrogen-bond donors (Lipinski definition) is 0. The Kier molecular flexibility index (Phi) is 5.65. The summed E-state index contributed by atoms with van der Waals surface area (Å²) >= 11 is 1.46. The maximum atomic E-state index is 13.0. The molecule has 2 aromatic rings. The third-order valence-corrected chi connectivity index (χ3v) is 5.07. The molecule has 7 heteroatoms. The number of amides is 2. The molecule has 1 aliphatic heterocycles. The largest absolute Gasteiger partial charge is 0.496 e. The number of hydrogen-bond acceptors (Lipinski definition) is 6. The number of imide groups is 1. The van der Waals surface area contributed by atoms with Crippen LogP contribution in [-0.4, -0.2) is 47.4 Å². The van der Waals surface area contributed by atoms with Crippen molar-refractivity contribution in [2.45, 2.75) is 37.7 Å². The van der Waals surface area contributed by atoms with Crippen LogP contribution in [-0.2, 0) is 11.2 Å². The van der Waals surface area contributed by atoms with E-state index in [-0.39, 0.29) is 12.5 Å². The van der Waals surface area contributed by atoms with Crippen LogP contribution in [0.1, 0.15) is 36.8 Å². The Balaban J connectivity index is 2.02. The number of nitrogens with zero attached hydrogens (tertiary/aromatic N) is 2. The van der Waals surface area contributed by atoms with Gasteiger partial charge >= 0.3 is 6.09 Å². The molecular formula is C21H24N2O4S. The molecule has 0 radical (unpaired) electrons. The number of carbonyl (C=O) groups excluding carboxylic acids is 2. The summed E-state index contributed by atoms with van der Waals surface area (Å²) < 4.78 is 10.8. The Hall–Kier alpha value is -2.54. The Bertz CT molecular complexity index is 904. The van der Waals surface area contributed by atoms with E-state index in [4.69, 9.17) is 14.5 Å². The summed E-state index contributed by atoms with van der Waals surface area (Å²) in [4.78, 5) is 32.2. The second-order valence-electron chi connectivity index (χ2n) is 7.42. The molecule has 0 atom stereocenters. The zero-order valence-electron chi connectivity index (χ0n) is 16.7. The quantitative estimate of drug-likeness (QED) is 0.711. The van der Waals surface area contributed by atoms with E-state index in [1.807, 2.05) is 36.6 Å². The van der Waals surface area contributed by atoms with Gasteiger partial charge in [0.25, 0.3) is 5.91 Å². The molecular weight excluding hydrogens is 376 g/mol. The van der Waals surface area contributed by atoms with Crippen molar-refractivity contribution in [3.05, 3.63) is 41.6 Å². The van der Waals surface area contributed by atoms with Crippen LogP contribution < -0.4 is 4.74 Å². The number of methoxy groups -OCH3 is 1. The van der Waals surface area contributed by atoms with Crippen molar-refractivity contribution in [3.8, 4) is 17.0 Å². The molecule has 2 amide bonds. The average Bonchev–Trinajstić information content (AvgIpc) is 2.65. The highest BCUT2D eigenvalue weighted by Gasteiger charge is 2.35. The summed E-state index contributed by atoms with van der Waals surface area (Å²) in [7, 11) is 1.62. The third kappa shape index (κ3) is 3.99. The molecule has 0 bridgehead atoms. The van der Waals surface area contributed by atoms with Crippen molar-refractivity contribution >= 4 is 23.8 Å². The lowest BCUT2D eigenvalue weighted by molar-refractivity contribution is 0.0231. The molecule has 3 rings (SSSR count). The number of pyridine rings is 1. The first-order valence-electron chi connectivity index (χ1n) is 9.01. The highest BCUT2D eigenvalue weighted by Crippen LogP contribution is 2.35. The minimum Gasteiger partial charge on any atom is -0.496 e. The fourth-order valence-electron chi connectivity index (χ4n) is 3.08. The molecule has 0 spiro atoms. The number of thioether (sulfide) groups is 1. The zero-order chi connectivity index (χ0) is 20.5. The molecule has 0 N–H and O–H groups in total. The van der Waals surface area contributed by atoms with E-state index in [1.165, 1.54) is 11.8 Å². The van der Waals surface area contributed by atoms with Gasteiger partial charge < -0.3 is 9.47 Å². The Labute approximate surface area is 169 Å². The van der Waals surface area contributed by atoms with Crippen molar-refractivity contribution in [1.29, 1.82) is 0 Å². The lowest BCUT2D eigenvalue weighted by Crippen LogP contribution is -2.45. The fraction of sp³-hybridized carbons (Fsp3) is 0.381. The van der Waals surface area contributed by atoms with Crippen LogP contribution in [0, 0.1) is 0 Å². The Morgan fingerprint density at radius 3 is 2.61 bits per heavy atom. The summed E-state index contributed by atoms with van der Waals surface area (Å²) in [5.74, 6) is 0.360. The number of rotatable bonds is 3. The molecule has 0 unspecified atom stereocenters.